The van der Waals surface area contributed by atoms with Crippen molar-refractivity contribution in [2.45, 2.75) is 92.3 Å². The van der Waals surface area contributed by atoms with Crippen LogP contribution in [0.3, 0.4) is 0 Å². The van der Waals surface area contributed by atoms with Gasteiger partial charge in [0.1, 0.15) is 0 Å². The van der Waals surface area contributed by atoms with E-state index in [2.05, 4.69) is 13.8 Å². The minimum atomic E-state index is -0.722. The summed E-state index contributed by atoms with van der Waals surface area (Å²) in [6.07, 6.45) is 2.97. The summed E-state index contributed by atoms with van der Waals surface area (Å²) in [5.41, 5.74) is -0.569. The second-order valence-corrected chi connectivity index (χ2v) is 8.61. The Balaban J connectivity index is 4.30. The highest BCUT2D eigenvalue weighted by Gasteiger charge is 2.29. The molecular formula is C17H34O4. The molecule has 0 saturated heterocycles. The maximum absolute atomic E-state index is 10.8. The van der Waals surface area contributed by atoms with E-state index in [1.807, 2.05) is 41.5 Å². The van der Waals surface area contributed by atoms with Gasteiger partial charge in [-0.3, -0.25) is 4.79 Å². The second-order valence-electron chi connectivity index (χ2n) is 8.61. The van der Waals surface area contributed by atoms with Crippen LogP contribution < -0.4 is 0 Å². The van der Waals surface area contributed by atoms with Gasteiger partial charge >= 0.3 is 5.97 Å². The average molecular weight is 302 g/mol. The third-order valence-corrected chi connectivity index (χ3v) is 3.35. The van der Waals surface area contributed by atoms with Crippen molar-refractivity contribution < 1.29 is 19.7 Å². The van der Waals surface area contributed by atoms with E-state index in [0.717, 1.165) is 19.3 Å². The molecule has 21 heavy (non-hydrogen) atoms. The summed E-state index contributed by atoms with van der Waals surface area (Å²) in [6.45, 7) is 16.3. The Kier molecular flexibility index (Phi) is 7.37. The molecule has 0 spiro atoms. The fraction of sp³-hybridized carbons (Fsp3) is 0.941. The van der Waals surface area contributed by atoms with Crippen LogP contribution in [-0.4, -0.2) is 22.3 Å². The molecule has 0 aliphatic rings. The topological polar surface area (TPSA) is 55.8 Å². The Morgan fingerprint density at radius 2 is 1.52 bits per heavy atom. The first kappa shape index (κ1) is 20.4. The number of rotatable bonds is 9. The number of hydrogen-bond acceptors (Lipinski definition) is 3. The number of carboxylic acids is 1. The summed E-state index contributed by atoms with van der Waals surface area (Å²) >= 11 is 0. The molecule has 0 amide bonds. The van der Waals surface area contributed by atoms with Gasteiger partial charge in [-0.2, -0.15) is 0 Å². The Morgan fingerprint density at radius 1 is 1.00 bits per heavy atom. The minimum absolute atomic E-state index is 0.0945. The van der Waals surface area contributed by atoms with Gasteiger partial charge in [0.05, 0.1) is 11.2 Å². The van der Waals surface area contributed by atoms with E-state index in [1.54, 1.807) is 0 Å². The van der Waals surface area contributed by atoms with Crippen molar-refractivity contribution in [3.8, 4) is 0 Å². The zero-order valence-corrected chi connectivity index (χ0v) is 15.1. The molecule has 1 unspecified atom stereocenters. The fourth-order valence-electron chi connectivity index (χ4n) is 2.33. The van der Waals surface area contributed by atoms with Gasteiger partial charge in [-0.1, -0.05) is 20.8 Å². The van der Waals surface area contributed by atoms with Gasteiger partial charge in [-0.15, -0.1) is 0 Å². The first-order chi connectivity index (χ1) is 9.22. The summed E-state index contributed by atoms with van der Waals surface area (Å²) in [6, 6.07) is 0. The van der Waals surface area contributed by atoms with Crippen LogP contribution in [0.25, 0.3) is 0 Å². The second kappa shape index (κ2) is 7.59. The molecule has 4 nitrogen and oxygen atoms in total. The fourth-order valence-corrected chi connectivity index (χ4v) is 2.33. The van der Waals surface area contributed by atoms with E-state index >= 15 is 0 Å². The predicted molar refractivity (Wildman–Crippen MR) is 85.1 cm³/mol. The molecule has 0 bridgehead atoms. The standard InChI is InChI=1S/C17H34O4/c1-13(11-14(18)19)12-16(5,6)9-10-17(7,8)21-20-15(2,3)4/h13H,9-12H2,1-8H3,(H,18,19). The summed E-state index contributed by atoms with van der Waals surface area (Å²) < 4.78 is 0. The van der Waals surface area contributed by atoms with Crippen molar-refractivity contribution in [3.63, 3.8) is 0 Å². The van der Waals surface area contributed by atoms with Crippen LogP contribution in [0.4, 0.5) is 0 Å². The van der Waals surface area contributed by atoms with Crippen LogP contribution in [0.2, 0.25) is 0 Å². The molecular weight excluding hydrogens is 268 g/mol. The van der Waals surface area contributed by atoms with Crippen molar-refractivity contribution >= 4 is 5.97 Å². The highest BCUT2D eigenvalue weighted by Crippen LogP contribution is 2.35. The van der Waals surface area contributed by atoms with E-state index in [0.29, 0.717) is 0 Å². The zero-order chi connectivity index (χ0) is 16.9. The highest BCUT2D eigenvalue weighted by atomic mass is 17.2. The Bertz CT molecular complexity index is 326. The van der Waals surface area contributed by atoms with Crippen LogP contribution in [0, 0.1) is 11.3 Å². The molecule has 0 radical (unpaired) electrons. The van der Waals surface area contributed by atoms with E-state index in [-0.39, 0.29) is 29.0 Å². The van der Waals surface area contributed by atoms with Crippen LogP contribution in [0.5, 0.6) is 0 Å². The number of aliphatic carboxylic acids is 1. The van der Waals surface area contributed by atoms with E-state index in [4.69, 9.17) is 14.9 Å². The lowest BCUT2D eigenvalue weighted by Gasteiger charge is -2.33. The smallest absolute Gasteiger partial charge is 0.303 e. The minimum Gasteiger partial charge on any atom is -0.481 e. The monoisotopic (exact) mass is 302 g/mol. The molecule has 0 saturated carbocycles. The van der Waals surface area contributed by atoms with Gasteiger partial charge in [-0.25, -0.2) is 9.78 Å². The SMILES string of the molecule is CC(CC(=O)O)CC(C)(C)CCC(C)(C)OOC(C)(C)C. The van der Waals surface area contributed by atoms with Gasteiger partial charge in [0.2, 0.25) is 0 Å². The zero-order valence-electron chi connectivity index (χ0n) is 15.1. The molecule has 0 aliphatic carbocycles. The van der Waals surface area contributed by atoms with Gasteiger partial charge < -0.3 is 5.11 Å². The average Bonchev–Trinajstić information content (AvgIpc) is 2.21. The van der Waals surface area contributed by atoms with Crippen LogP contribution in [0.15, 0.2) is 0 Å². The summed E-state index contributed by atoms with van der Waals surface area (Å²) in [7, 11) is 0. The largest absolute Gasteiger partial charge is 0.481 e. The maximum Gasteiger partial charge on any atom is 0.303 e. The third-order valence-electron chi connectivity index (χ3n) is 3.35. The molecule has 0 aliphatic heterocycles. The van der Waals surface area contributed by atoms with E-state index in [9.17, 15) is 4.79 Å². The normalized spacial score (nSPS) is 15.0. The van der Waals surface area contributed by atoms with Gasteiger partial charge in [0, 0.05) is 6.42 Å². The molecule has 0 heterocycles. The first-order valence-electron chi connectivity index (χ1n) is 7.81. The van der Waals surface area contributed by atoms with Gasteiger partial charge in [0.25, 0.3) is 0 Å². The summed E-state index contributed by atoms with van der Waals surface area (Å²) in [4.78, 5) is 21.7. The lowest BCUT2D eigenvalue weighted by Crippen LogP contribution is -2.32. The lowest BCUT2D eigenvalue weighted by molar-refractivity contribution is -0.398. The summed E-state index contributed by atoms with van der Waals surface area (Å²) in [5.74, 6) is -0.534. The Hall–Kier alpha value is -0.610. The lowest BCUT2D eigenvalue weighted by atomic mass is 9.77. The molecule has 0 aromatic heterocycles. The van der Waals surface area contributed by atoms with E-state index in [1.165, 1.54) is 0 Å². The predicted octanol–water partition coefficient (Wildman–Crippen LogP) is 4.82. The number of hydrogen-bond donors (Lipinski definition) is 1. The highest BCUT2D eigenvalue weighted by molar-refractivity contribution is 5.66. The molecule has 0 aromatic rings. The van der Waals surface area contributed by atoms with Crippen molar-refractivity contribution in [1.29, 1.82) is 0 Å². The van der Waals surface area contributed by atoms with Crippen molar-refractivity contribution in [2.24, 2.45) is 11.3 Å². The molecule has 126 valence electrons. The van der Waals surface area contributed by atoms with Crippen molar-refractivity contribution in [1.82, 2.24) is 0 Å². The molecule has 0 aromatic carbocycles. The van der Waals surface area contributed by atoms with E-state index < -0.39 is 5.97 Å². The summed E-state index contributed by atoms with van der Waals surface area (Å²) in [5, 5.41) is 8.85. The Morgan fingerprint density at radius 3 is 1.95 bits per heavy atom. The van der Waals surface area contributed by atoms with Crippen LogP contribution in [0.1, 0.15) is 81.1 Å². The quantitative estimate of drug-likeness (QED) is 0.490. The van der Waals surface area contributed by atoms with Gasteiger partial charge in [0.15, 0.2) is 0 Å². The first-order valence-corrected chi connectivity index (χ1v) is 7.81. The molecule has 1 atom stereocenters. The molecule has 0 fully saturated rings. The van der Waals surface area contributed by atoms with Crippen molar-refractivity contribution in [2.75, 3.05) is 0 Å². The molecule has 0 rings (SSSR count). The number of carbonyl (C=O) groups is 1. The maximum atomic E-state index is 10.8. The van der Waals surface area contributed by atoms with Gasteiger partial charge in [-0.05, 0) is 65.2 Å². The molecule has 4 heteroatoms. The third kappa shape index (κ3) is 11.7. The van der Waals surface area contributed by atoms with Crippen molar-refractivity contribution in [3.05, 3.63) is 0 Å². The molecule has 1 N–H and O–H groups in total. The Labute approximate surface area is 130 Å². The van der Waals surface area contributed by atoms with Crippen LogP contribution >= 0.6 is 0 Å². The number of carboxylic acid groups (broad SMARTS) is 1. The van der Waals surface area contributed by atoms with Crippen LogP contribution in [-0.2, 0) is 14.6 Å².